The fourth-order valence-corrected chi connectivity index (χ4v) is 3.09. The zero-order valence-corrected chi connectivity index (χ0v) is 12.5. The Labute approximate surface area is 120 Å². The summed E-state index contributed by atoms with van der Waals surface area (Å²) in [5.74, 6) is 1.16. The summed E-state index contributed by atoms with van der Waals surface area (Å²) in [6.07, 6.45) is 3.36. The highest BCUT2D eigenvalue weighted by Crippen LogP contribution is 2.29. The number of nitrogens with one attached hydrogen (secondary N) is 1. The molecule has 0 saturated carbocycles. The summed E-state index contributed by atoms with van der Waals surface area (Å²) < 4.78 is 0.897. The van der Waals surface area contributed by atoms with E-state index in [0.29, 0.717) is 5.02 Å². The van der Waals surface area contributed by atoms with E-state index in [1.54, 1.807) is 13.2 Å². The van der Waals surface area contributed by atoms with Crippen LogP contribution in [0.2, 0.25) is 5.02 Å². The van der Waals surface area contributed by atoms with E-state index in [9.17, 15) is 4.79 Å². The molecule has 0 radical (unpaired) electrons. The fourth-order valence-electron chi connectivity index (χ4n) is 2.20. The van der Waals surface area contributed by atoms with E-state index in [2.05, 4.69) is 31.1 Å². The summed E-state index contributed by atoms with van der Waals surface area (Å²) in [6.45, 7) is 1.68. The molecule has 1 saturated heterocycles. The molecule has 1 aliphatic heterocycles. The second kappa shape index (κ2) is 5.89. The maximum Gasteiger partial charge on any atom is 0.222 e. The number of halogens is 2. The van der Waals surface area contributed by atoms with Crippen LogP contribution in [0.5, 0.6) is 0 Å². The molecular formula is C12H15BrClN3O. The molecule has 98 valence electrons. The molecule has 1 fully saturated rings. The molecule has 2 rings (SSSR count). The molecule has 0 spiro atoms. The smallest absolute Gasteiger partial charge is 0.222 e. The number of nitrogens with zero attached hydrogens (tertiary/aromatic N) is 2. The Morgan fingerprint density at radius 2 is 2.22 bits per heavy atom. The molecule has 1 amide bonds. The Morgan fingerprint density at radius 1 is 1.56 bits per heavy atom. The molecule has 6 heteroatoms. The van der Waals surface area contributed by atoms with Gasteiger partial charge in [0.1, 0.15) is 5.82 Å². The van der Waals surface area contributed by atoms with Gasteiger partial charge < -0.3 is 10.2 Å². The highest BCUT2D eigenvalue weighted by atomic mass is 79.9. The first-order valence-corrected chi connectivity index (χ1v) is 7.06. The van der Waals surface area contributed by atoms with Crippen molar-refractivity contribution in [3.8, 4) is 0 Å². The van der Waals surface area contributed by atoms with Gasteiger partial charge in [0.25, 0.3) is 0 Å². The van der Waals surface area contributed by atoms with Crippen molar-refractivity contribution in [2.24, 2.45) is 5.92 Å². The summed E-state index contributed by atoms with van der Waals surface area (Å²) in [4.78, 5) is 18.1. The van der Waals surface area contributed by atoms with Gasteiger partial charge in [0.2, 0.25) is 5.91 Å². The number of anilines is 1. The van der Waals surface area contributed by atoms with Gasteiger partial charge in [0.15, 0.2) is 0 Å². The molecule has 2 heterocycles. The second-order valence-corrected chi connectivity index (χ2v) is 5.63. The molecule has 1 aromatic rings. The van der Waals surface area contributed by atoms with E-state index in [4.69, 9.17) is 11.6 Å². The third-order valence-corrected chi connectivity index (χ3v) is 3.99. The lowest BCUT2D eigenvalue weighted by Gasteiger charge is -2.32. The molecule has 1 aromatic heterocycles. The number of aromatic nitrogens is 1. The van der Waals surface area contributed by atoms with Gasteiger partial charge in [0.05, 0.1) is 9.50 Å². The number of rotatable bonds is 2. The third-order valence-electron chi connectivity index (χ3n) is 3.20. The van der Waals surface area contributed by atoms with Crippen LogP contribution in [0.25, 0.3) is 0 Å². The van der Waals surface area contributed by atoms with Crippen LogP contribution in [0.4, 0.5) is 5.82 Å². The zero-order chi connectivity index (χ0) is 13.1. The minimum Gasteiger partial charge on any atom is -0.359 e. The predicted octanol–water partition coefficient (Wildman–Crippen LogP) is 2.46. The summed E-state index contributed by atoms with van der Waals surface area (Å²) in [5, 5.41) is 3.32. The van der Waals surface area contributed by atoms with E-state index in [-0.39, 0.29) is 11.8 Å². The Kier molecular flexibility index (Phi) is 4.45. The van der Waals surface area contributed by atoms with Crippen LogP contribution in [-0.2, 0) is 4.79 Å². The van der Waals surface area contributed by atoms with E-state index in [1.807, 2.05) is 6.07 Å². The van der Waals surface area contributed by atoms with Crippen LogP contribution in [0, 0.1) is 5.92 Å². The van der Waals surface area contributed by atoms with Gasteiger partial charge in [-0.3, -0.25) is 4.79 Å². The van der Waals surface area contributed by atoms with E-state index in [0.717, 1.165) is 36.2 Å². The van der Waals surface area contributed by atoms with Crippen molar-refractivity contribution in [3.05, 3.63) is 21.8 Å². The van der Waals surface area contributed by atoms with Crippen molar-refractivity contribution < 1.29 is 4.79 Å². The molecule has 18 heavy (non-hydrogen) atoms. The van der Waals surface area contributed by atoms with Crippen molar-refractivity contribution >= 4 is 39.3 Å². The summed E-state index contributed by atoms with van der Waals surface area (Å²) in [5.41, 5.74) is 0. The molecule has 4 nitrogen and oxygen atoms in total. The van der Waals surface area contributed by atoms with Crippen LogP contribution in [0.15, 0.2) is 16.7 Å². The third kappa shape index (κ3) is 2.95. The molecule has 0 atom stereocenters. The first kappa shape index (κ1) is 13.6. The van der Waals surface area contributed by atoms with Crippen molar-refractivity contribution in [1.29, 1.82) is 0 Å². The number of hydrogen-bond donors (Lipinski definition) is 1. The van der Waals surface area contributed by atoms with Crippen LogP contribution in [0.3, 0.4) is 0 Å². The average molecular weight is 333 g/mol. The number of piperidine rings is 1. The standard InChI is InChI=1S/C12H15BrClN3O/c1-15-12(18)8-2-4-17(5-3-8)11-10(13)6-9(14)7-16-11/h6-8H,2-5H2,1H3,(H,15,18). The van der Waals surface area contributed by atoms with Gasteiger partial charge in [-0.1, -0.05) is 11.6 Å². The Hall–Kier alpha value is -0.810. The predicted molar refractivity (Wildman–Crippen MR) is 76.0 cm³/mol. The van der Waals surface area contributed by atoms with Gasteiger partial charge in [0, 0.05) is 32.3 Å². The summed E-state index contributed by atoms with van der Waals surface area (Å²) >= 11 is 9.35. The molecule has 0 bridgehead atoms. The Bertz CT molecular complexity index is 447. The van der Waals surface area contributed by atoms with E-state index >= 15 is 0 Å². The maximum atomic E-state index is 11.5. The molecule has 1 N–H and O–H groups in total. The lowest BCUT2D eigenvalue weighted by Crippen LogP contribution is -2.40. The van der Waals surface area contributed by atoms with E-state index < -0.39 is 0 Å². The molecule has 0 aromatic carbocycles. The first-order chi connectivity index (χ1) is 8.61. The minimum absolute atomic E-state index is 0.123. The highest BCUT2D eigenvalue weighted by molar-refractivity contribution is 9.10. The topological polar surface area (TPSA) is 45.2 Å². The van der Waals surface area contributed by atoms with E-state index in [1.165, 1.54) is 0 Å². The average Bonchev–Trinajstić information content (AvgIpc) is 2.38. The van der Waals surface area contributed by atoms with Crippen LogP contribution < -0.4 is 10.2 Å². The Morgan fingerprint density at radius 3 is 2.78 bits per heavy atom. The van der Waals surface area contributed by atoms with Gasteiger partial charge in [-0.15, -0.1) is 0 Å². The lowest BCUT2D eigenvalue weighted by atomic mass is 9.96. The Balaban J connectivity index is 2.03. The second-order valence-electron chi connectivity index (χ2n) is 4.33. The molecule has 0 unspecified atom stereocenters. The van der Waals surface area contributed by atoms with Crippen LogP contribution in [-0.4, -0.2) is 31.0 Å². The molecular weight excluding hydrogens is 318 g/mol. The number of hydrogen-bond acceptors (Lipinski definition) is 3. The number of carbonyl (C=O) groups is 1. The summed E-state index contributed by atoms with van der Waals surface area (Å²) in [7, 11) is 1.69. The quantitative estimate of drug-likeness (QED) is 0.905. The number of amides is 1. The van der Waals surface area contributed by atoms with Gasteiger partial charge in [-0.2, -0.15) is 0 Å². The van der Waals surface area contributed by atoms with Crippen molar-refractivity contribution in [2.45, 2.75) is 12.8 Å². The van der Waals surface area contributed by atoms with Gasteiger partial charge in [-0.05, 0) is 34.8 Å². The number of pyridine rings is 1. The lowest BCUT2D eigenvalue weighted by molar-refractivity contribution is -0.125. The summed E-state index contributed by atoms with van der Waals surface area (Å²) in [6, 6.07) is 1.84. The minimum atomic E-state index is 0.123. The SMILES string of the molecule is CNC(=O)C1CCN(c2ncc(Cl)cc2Br)CC1. The van der Waals surface area contributed by atoms with Crippen molar-refractivity contribution in [1.82, 2.24) is 10.3 Å². The van der Waals surface area contributed by atoms with Crippen molar-refractivity contribution in [3.63, 3.8) is 0 Å². The molecule has 1 aliphatic rings. The normalized spacial score (nSPS) is 16.7. The van der Waals surface area contributed by atoms with Gasteiger partial charge in [-0.25, -0.2) is 4.98 Å². The van der Waals surface area contributed by atoms with Crippen LogP contribution >= 0.6 is 27.5 Å². The van der Waals surface area contributed by atoms with Crippen molar-refractivity contribution in [2.75, 3.05) is 25.0 Å². The maximum absolute atomic E-state index is 11.5. The number of carbonyl (C=O) groups excluding carboxylic acids is 1. The monoisotopic (exact) mass is 331 g/mol. The molecule has 0 aliphatic carbocycles. The fraction of sp³-hybridized carbons (Fsp3) is 0.500. The first-order valence-electron chi connectivity index (χ1n) is 5.89. The van der Waals surface area contributed by atoms with Gasteiger partial charge >= 0.3 is 0 Å². The zero-order valence-electron chi connectivity index (χ0n) is 10.1. The van der Waals surface area contributed by atoms with Crippen LogP contribution in [0.1, 0.15) is 12.8 Å². The largest absolute Gasteiger partial charge is 0.359 e. The highest BCUT2D eigenvalue weighted by Gasteiger charge is 2.25.